The Bertz CT molecular complexity index is 962. The third-order valence-corrected chi connectivity index (χ3v) is 5.64. The number of fused-ring (bicyclic) bond motifs is 1. The molecular weight excluding hydrogens is 386 g/mol. The lowest BCUT2D eigenvalue weighted by Crippen LogP contribution is -2.33. The summed E-state index contributed by atoms with van der Waals surface area (Å²) in [6, 6.07) is 10.8. The van der Waals surface area contributed by atoms with Gasteiger partial charge in [-0.2, -0.15) is 0 Å². The smallest absolute Gasteiger partial charge is 0.274 e. The zero-order valence-corrected chi connectivity index (χ0v) is 16.9. The highest BCUT2D eigenvalue weighted by atomic mass is 16.6. The summed E-state index contributed by atoms with van der Waals surface area (Å²) in [4.78, 5) is 25.5. The Morgan fingerprint density at radius 1 is 1.20 bits per heavy atom. The van der Waals surface area contributed by atoms with Crippen molar-refractivity contribution in [2.75, 3.05) is 31.6 Å². The van der Waals surface area contributed by atoms with Gasteiger partial charge in [0.15, 0.2) is 11.5 Å². The van der Waals surface area contributed by atoms with E-state index in [1.165, 1.54) is 6.07 Å². The normalized spacial score (nSPS) is 18.6. The van der Waals surface area contributed by atoms with E-state index in [1.54, 1.807) is 19.1 Å². The molecule has 8 nitrogen and oxygen atoms in total. The maximum atomic E-state index is 12.7. The van der Waals surface area contributed by atoms with Crippen LogP contribution in [0.5, 0.6) is 11.5 Å². The molecule has 1 amide bonds. The highest BCUT2D eigenvalue weighted by Crippen LogP contribution is 2.37. The molecule has 0 bridgehead atoms. The summed E-state index contributed by atoms with van der Waals surface area (Å²) < 4.78 is 11.5. The first-order valence-electron chi connectivity index (χ1n) is 10.2. The maximum Gasteiger partial charge on any atom is 0.274 e. The number of hydrogen-bond donors (Lipinski definition) is 1. The Hall–Kier alpha value is -3.13. The Balaban J connectivity index is 1.46. The van der Waals surface area contributed by atoms with Crippen LogP contribution in [0.1, 0.15) is 36.4 Å². The van der Waals surface area contributed by atoms with E-state index in [2.05, 4.69) is 10.2 Å². The number of benzene rings is 2. The minimum Gasteiger partial charge on any atom is -0.490 e. The van der Waals surface area contributed by atoms with Gasteiger partial charge in [-0.25, -0.2) is 0 Å². The first kappa shape index (κ1) is 20.2. The summed E-state index contributed by atoms with van der Waals surface area (Å²) in [7, 11) is 0. The zero-order valence-electron chi connectivity index (χ0n) is 16.9. The van der Waals surface area contributed by atoms with E-state index in [0.29, 0.717) is 24.5 Å². The van der Waals surface area contributed by atoms with Crippen molar-refractivity contribution in [1.82, 2.24) is 4.90 Å². The van der Waals surface area contributed by atoms with Gasteiger partial charge in [0.1, 0.15) is 0 Å². The number of carbonyl (C=O) groups excluding carboxylic acids is 1. The van der Waals surface area contributed by atoms with Gasteiger partial charge >= 0.3 is 0 Å². The van der Waals surface area contributed by atoms with Crippen LogP contribution in [-0.4, -0.2) is 42.0 Å². The molecule has 30 heavy (non-hydrogen) atoms. The molecule has 2 aromatic carbocycles. The SMILES string of the molecule is Cc1c(NC(=O)CN2CCCC2c2ccc3c(c2)OCCCO3)cccc1[N+](=O)[O-]. The van der Waals surface area contributed by atoms with E-state index in [0.717, 1.165) is 42.9 Å². The van der Waals surface area contributed by atoms with Gasteiger partial charge in [0.05, 0.1) is 35.9 Å². The number of ether oxygens (including phenoxy) is 2. The van der Waals surface area contributed by atoms with E-state index < -0.39 is 4.92 Å². The number of nitrogens with zero attached hydrogens (tertiary/aromatic N) is 2. The van der Waals surface area contributed by atoms with E-state index in [9.17, 15) is 14.9 Å². The third kappa shape index (κ3) is 4.23. The van der Waals surface area contributed by atoms with Crippen LogP contribution < -0.4 is 14.8 Å². The number of likely N-dealkylation sites (tertiary alicyclic amines) is 1. The quantitative estimate of drug-likeness (QED) is 0.593. The number of nitro groups is 1. The molecule has 2 aromatic rings. The molecule has 4 rings (SSSR count). The maximum absolute atomic E-state index is 12.7. The molecule has 0 radical (unpaired) electrons. The number of rotatable bonds is 5. The molecule has 1 saturated heterocycles. The first-order chi connectivity index (χ1) is 14.5. The summed E-state index contributed by atoms with van der Waals surface area (Å²) >= 11 is 0. The predicted octanol–water partition coefficient (Wildman–Crippen LogP) is 3.84. The largest absolute Gasteiger partial charge is 0.490 e. The van der Waals surface area contributed by atoms with Gasteiger partial charge in [-0.3, -0.25) is 19.8 Å². The van der Waals surface area contributed by atoms with E-state index >= 15 is 0 Å². The molecule has 8 heteroatoms. The van der Waals surface area contributed by atoms with Gasteiger partial charge in [-0.05, 0) is 50.1 Å². The lowest BCUT2D eigenvalue weighted by Gasteiger charge is -2.25. The van der Waals surface area contributed by atoms with Crippen molar-refractivity contribution in [3.63, 3.8) is 0 Å². The van der Waals surface area contributed by atoms with Crippen LogP contribution in [-0.2, 0) is 4.79 Å². The fourth-order valence-corrected chi connectivity index (χ4v) is 4.11. The van der Waals surface area contributed by atoms with Gasteiger partial charge in [0.25, 0.3) is 5.69 Å². The molecule has 1 unspecified atom stereocenters. The Morgan fingerprint density at radius 2 is 2.00 bits per heavy atom. The van der Waals surface area contributed by atoms with Crippen LogP contribution in [0.2, 0.25) is 0 Å². The molecule has 0 spiro atoms. The number of nitrogens with one attached hydrogen (secondary N) is 1. The zero-order chi connectivity index (χ0) is 21.1. The van der Waals surface area contributed by atoms with Gasteiger partial charge in [-0.1, -0.05) is 12.1 Å². The second-order valence-electron chi connectivity index (χ2n) is 7.64. The molecule has 2 heterocycles. The Kier molecular flexibility index (Phi) is 5.85. The molecule has 1 N–H and O–H groups in total. The van der Waals surface area contributed by atoms with Crippen LogP contribution in [0.3, 0.4) is 0 Å². The van der Waals surface area contributed by atoms with E-state index in [-0.39, 0.29) is 24.2 Å². The van der Waals surface area contributed by atoms with Crippen LogP contribution in [0.25, 0.3) is 0 Å². The summed E-state index contributed by atoms with van der Waals surface area (Å²) in [6.07, 6.45) is 2.82. The molecule has 2 aliphatic heterocycles. The van der Waals surface area contributed by atoms with Gasteiger partial charge < -0.3 is 14.8 Å². The molecule has 1 atom stereocenters. The first-order valence-corrected chi connectivity index (χ1v) is 10.2. The summed E-state index contributed by atoms with van der Waals surface area (Å²) in [5.74, 6) is 1.34. The molecule has 1 fully saturated rings. The van der Waals surface area contributed by atoms with Crippen molar-refractivity contribution in [2.24, 2.45) is 0 Å². The number of hydrogen-bond acceptors (Lipinski definition) is 6. The van der Waals surface area contributed by atoms with Crippen LogP contribution in [0.15, 0.2) is 36.4 Å². The molecule has 2 aliphatic rings. The average Bonchev–Trinajstić information content (AvgIpc) is 3.04. The van der Waals surface area contributed by atoms with Crippen molar-refractivity contribution in [3.05, 3.63) is 57.6 Å². The second kappa shape index (κ2) is 8.71. The van der Waals surface area contributed by atoms with Crippen molar-refractivity contribution in [2.45, 2.75) is 32.2 Å². The monoisotopic (exact) mass is 411 g/mol. The summed E-state index contributed by atoms with van der Waals surface area (Å²) in [5, 5.41) is 14.0. The predicted molar refractivity (Wildman–Crippen MR) is 112 cm³/mol. The number of amides is 1. The topological polar surface area (TPSA) is 93.9 Å². The van der Waals surface area contributed by atoms with Crippen molar-refractivity contribution in [1.29, 1.82) is 0 Å². The molecule has 0 aliphatic carbocycles. The van der Waals surface area contributed by atoms with Crippen LogP contribution in [0, 0.1) is 17.0 Å². The Morgan fingerprint density at radius 3 is 2.80 bits per heavy atom. The lowest BCUT2D eigenvalue weighted by molar-refractivity contribution is -0.385. The highest BCUT2D eigenvalue weighted by Gasteiger charge is 2.29. The molecule has 158 valence electrons. The second-order valence-corrected chi connectivity index (χ2v) is 7.64. The standard InChI is InChI=1S/C22H25N3O5/c1-15-17(5-2-6-18(15)25(27)28)23-22(26)14-24-10-3-7-19(24)16-8-9-20-21(13-16)30-12-4-11-29-20/h2,5-6,8-9,13,19H,3-4,7,10-12,14H2,1H3,(H,23,26). The summed E-state index contributed by atoms with van der Waals surface area (Å²) in [5.41, 5.74) is 2.03. The van der Waals surface area contributed by atoms with Crippen LogP contribution >= 0.6 is 0 Å². The van der Waals surface area contributed by atoms with Crippen molar-refractivity contribution in [3.8, 4) is 11.5 Å². The summed E-state index contributed by atoms with van der Waals surface area (Å²) in [6.45, 7) is 3.97. The van der Waals surface area contributed by atoms with Gasteiger partial charge in [-0.15, -0.1) is 0 Å². The van der Waals surface area contributed by atoms with Gasteiger partial charge in [0.2, 0.25) is 5.91 Å². The van der Waals surface area contributed by atoms with Crippen molar-refractivity contribution < 1.29 is 19.2 Å². The van der Waals surface area contributed by atoms with Crippen LogP contribution in [0.4, 0.5) is 11.4 Å². The molecule has 0 saturated carbocycles. The lowest BCUT2D eigenvalue weighted by atomic mass is 10.0. The highest BCUT2D eigenvalue weighted by molar-refractivity contribution is 5.93. The number of nitro benzene ring substituents is 1. The molecular formula is C22H25N3O5. The molecule has 0 aromatic heterocycles. The van der Waals surface area contributed by atoms with Gasteiger partial charge in [0, 0.05) is 18.5 Å². The third-order valence-electron chi connectivity index (χ3n) is 5.64. The minimum atomic E-state index is -0.439. The minimum absolute atomic E-state index is 0.000884. The fourth-order valence-electron chi connectivity index (χ4n) is 4.11. The Labute approximate surface area is 174 Å². The van der Waals surface area contributed by atoms with E-state index in [4.69, 9.17) is 9.47 Å². The van der Waals surface area contributed by atoms with Crippen molar-refractivity contribution >= 4 is 17.3 Å². The number of carbonyl (C=O) groups is 1. The van der Waals surface area contributed by atoms with E-state index in [1.807, 2.05) is 18.2 Å². The average molecular weight is 411 g/mol. The number of anilines is 1. The fraction of sp³-hybridized carbons (Fsp3) is 0.409.